The van der Waals surface area contributed by atoms with Crippen LogP contribution in [-0.4, -0.2) is 62.0 Å². The van der Waals surface area contributed by atoms with Gasteiger partial charge in [-0.25, -0.2) is 9.59 Å². The average Bonchev–Trinajstić information content (AvgIpc) is 2.89. The zero-order chi connectivity index (χ0) is 25.8. The predicted octanol–water partition coefficient (Wildman–Crippen LogP) is 5.10. The van der Waals surface area contributed by atoms with Crippen molar-refractivity contribution in [3.8, 4) is 0 Å². The maximum absolute atomic E-state index is 12.9. The molecular weight excluding hydrogens is 458 g/mol. The number of esters is 1. The molecule has 1 fully saturated rings. The summed E-state index contributed by atoms with van der Waals surface area (Å²) in [6.45, 7) is 20.2. The Morgan fingerprint density at radius 1 is 1.18 bits per heavy atom. The summed E-state index contributed by atoms with van der Waals surface area (Å²) >= 11 is 1.45. The van der Waals surface area contributed by atoms with Gasteiger partial charge in [0.2, 0.25) is 0 Å². The molecule has 1 amide bonds. The highest BCUT2D eigenvalue weighted by molar-refractivity contribution is 8.00. The monoisotopic (exact) mass is 501 g/mol. The highest BCUT2D eigenvalue weighted by atomic mass is 32.2. The van der Waals surface area contributed by atoms with Gasteiger partial charge in [0, 0.05) is 23.0 Å². The average molecular weight is 502 g/mol. The van der Waals surface area contributed by atoms with Crippen LogP contribution in [0.5, 0.6) is 0 Å². The number of methoxy groups -OCH3 is 1. The molecule has 1 saturated carbocycles. The number of alkyl carbamates (subject to hydrolysis) is 1. The zero-order valence-corrected chi connectivity index (χ0v) is 24.0. The van der Waals surface area contributed by atoms with E-state index in [9.17, 15) is 14.4 Å². The molecule has 1 rings (SSSR count). The van der Waals surface area contributed by atoms with Crippen molar-refractivity contribution < 1.29 is 28.3 Å². The Morgan fingerprint density at radius 2 is 1.76 bits per heavy atom. The number of ether oxygens (including phenoxy) is 2. The Hall–Kier alpha value is -1.32. The van der Waals surface area contributed by atoms with Crippen molar-refractivity contribution in [1.82, 2.24) is 5.32 Å². The number of thioether (sulfide) groups is 1. The van der Waals surface area contributed by atoms with Crippen molar-refractivity contribution >= 4 is 37.9 Å². The number of hydrogen-bond acceptors (Lipinski definition) is 7. The van der Waals surface area contributed by atoms with Gasteiger partial charge in [0.15, 0.2) is 14.1 Å². The quantitative estimate of drug-likeness (QED) is 0.281. The standard InChI is InChI=1S/C24H43NO6SSi/c1-15(2)12-16-18(26)13-19(20(16)31-33(10,11)24(6,7)8)32-14-17(21(27)29-9)25-22(28)30-23(3,4)5/h12,15,17,19-20H,13-14H2,1-11H3,(H,25,28)/b16-12-/t17-,19?,20-/m0/s1. The third kappa shape index (κ3) is 9.09. The second-order valence-corrected chi connectivity index (χ2v) is 17.4. The number of carbonyl (C=O) groups is 3. The Labute approximate surface area is 204 Å². The molecule has 0 radical (unpaired) electrons. The topological polar surface area (TPSA) is 90.9 Å². The molecule has 1 aliphatic carbocycles. The van der Waals surface area contributed by atoms with E-state index in [1.54, 1.807) is 20.8 Å². The predicted molar refractivity (Wildman–Crippen MR) is 136 cm³/mol. The molecule has 0 aromatic rings. The molecule has 0 saturated heterocycles. The fourth-order valence-electron chi connectivity index (χ4n) is 3.07. The summed E-state index contributed by atoms with van der Waals surface area (Å²) in [7, 11) is -0.879. The summed E-state index contributed by atoms with van der Waals surface area (Å²) in [4.78, 5) is 37.5. The lowest BCUT2D eigenvalue weighted by atomic mass is 10.1. The van der Waals surface area contributed by atoms with Gasteiger partial charge < -0.3 is 19.2 Å². The van der Waals surface area contributed by atoms with Crippen LogP contribution in [0.4, 0.5) is 4.79 Å². The first kappa shape index (κ1) is 29.7. The van der Waals surface area contributed by atoms with Gasteiger partial charge in [-0.1, -0.05) is 40.7 Å². The molecule has 7 nitrogen and oxygen atoms in total. The van der Waals surface area contributed by atoms with Crippen molar-refractivity contribution in [3.05, 3.63) is 11.6 Å². The van der Waals surface area contributed by atoms with E-state index in [0.717, 1.165) is 5.57 Å². The highest BCUT2D eigenvalue weighted by Crippen LogP contribution is 2.43. The molecule has 9 heteroatoms. The molecule has 1 unspecified atom stereocenters. The van der Waals surface area contributed by atoms with Crippen LogP contribution in [0.3, 0.4) is 0 Å². The Bertz CT molecular complexity index is 751. The van der Waals surface area contributed by atoms with Crippen molar-refractivity contribution in [2.45, 2.75) is 103 Å². The Morgan fingerprint density at radius 3 is 2.21 bits per heavy atom. The van der Waals surface area contributed by atoms with E-state index >= 15 is 0 Å². The van der Waals surface area contributed by atoms with E-state index in [1.807, 2.05) is 19.9 Å². The minimum Gasteiger partial charge on any atom is -0.467 e. The Kier molecular flexibility index (Phi) is 10.3. The molecule has 0 aliphatic heterocycles. The lowest BCUT2D eigenvalue weighted by Crippen LogP contribution is -2.47. The molecule has 1 N–H and O–H groups in total. The van der Waals surface area contributed by atoms with Crippen LogP contribution < -0.4 is 5.32 Å². The molecule has 0 aromatic carbocycles. The number of Topliss-reactive ketones (excluding diaryl/α,β-unsaturated/α-hetero) is 1. The number of allylic oxidation sites excluding steroid dienone is 1. The molecular formula is C24H43NO6SSi. The number of nitrogens with one attached hydrogen (secondary N) is 1. The molecule has 3 atom stereocenters. The van der Waals surface area contributed by atoms with Gasteiger partial charge >= 0.3 is 12.1 Å². The summed E-state index contributed by atoms with van der Waals surface area (Å²) in [5.74, 6) is -0.0112. The maximum Gasteiger partial charge on any atom is 0.408 e. The van der Waals surface area contributed by atoms with Crippen LogP contribution >= 0.6 is 11.8 Å². The second-order valence-electron chi connectivity index (χ2n) is 11.4. The molecule has 190 valence electrons. The van der Waals surface area contributed by atoms with Gasteiger partial charge in [-0.2, -0.15) is 11.8 Å². The highest BCUT2D eigenvalue weighted by Gasteiger charge is 2.46. The van der Waals surface area contributed by atoms with Crippen molar-refractivity contribution in [3.63, 3.8) is 0 Å². The third-order valence-corrected chi connectivity index (χ3v) is 11.6. The first-order valence-corrected chi connectivity index (χ1v) is 15.5. The number of carbonyl (C=O) groups excluding carboxylic acids is 3. The number of hydrogen-bond donors (Lipinski definition) is 1. The summed E-state index contributed by atoms with van der Waals surface area (Å²) in [5, 5.41) is 2.44. The summed E-state index contributed by atoms with van der Waals surface area (Å²) < 4.78 is 16.9. The van der Waals surface area contributed by atoms with Crippen molar-refractivity contribution in [1.29, 1.82) is 0 Å². The summed E-state index contributed by atoms with van der Waals surface area (Å²) in [6.07, 6.45) is 1.31. The van der Waals surface area contributed by atoms with Crippen LogP contribution in [0.1, 0.15) is 61.8 Å². The molecule has 33 heavy (non-hydrogen) atoms. The first-order valence-electron chi connectivity index (χ1n) is 11.5. The van der Waals surface area contributed by atoms with Gasteiger partial charge in [0.25, 0.3) is 0 Å². The largest absolute Gasteiger partial charge is 0.467 e. The molecule has 0 bridgehead atoms. The van der Waals surface area contributed by atoms with Crippen LogP contribution in [-0.2, 0) is 23.5 Å². The van der Waals surface area contributed by atoms with E-state index in [1.165, 1.54) is 18.9 Å². The van der Waals surface area contributed by atoms with E-state index in [0.29, 0.717) is 6.42 Å². The third-order valence-electron chi connectivity index (χ3n) is 5.75. The lowest BCUT2D eigenvalue weighted by Gasteiger charge is -2.40. The van der Waals surface area contributed by atoms with Gasteiger partial charge in [0.05, 0.1) is 13.2 Å². The van der Waals surface area contributed by atoms with Crippen molar-refractivity contribution in [2.24, 2.45) is 5.92 Å². The van der Waals surface area contributed by atoms with Crippen LogP contribution in [0.2, 0.25) is 18.1 Å². The van der Waals surface area contributed by atoms with Crippen LogP contribution in [0.25, 0.3) is 0 Å². The molecule has 0 spiro atoms. The number of rotatable bonds is 8. The maximum atomic E-state index is 12.9. The van der Waals surface area contributed by atoms with E-state index in [-0.39, 0.29) is 33.8 Å². The van der Waals surface area contributed by atoms with Gasteiger partial charge in [-0.15, -0.1) is 0 Å². The zero-order valence-electron chi connectivity index (χ0n) is 22.2. The SMILES string of the molecule is COC(=O)[C@H](CSC1CC(=O)/C(=C/C(C)C)[C@@H]1O[Si](C)(C)C(C)(C)C)NC(=O)OC(C)(C)C. The van der Waals surface area contributed by atoms with Crippen LogP contribution in [0.15, 0.2) is 11.6 Å². The second kappa shape index (κ2) is 11.4. The van der Waals surface area contributed by atoms with Gasteiger partial charge in [0.1, 0.15) is 11.6 Å². The number of ketones is 1. The summed E-state index contributed by atoms with van der Waals surface area (Å²) in [6, 6.07) is -0.892. The molecule has 1 aliphatic rings. The van der Waals surface area contributed by atoms with E-state index in [4.69, 9.17) is 13.9 Å². The first-order chi connectivity index (χ1) is 14.9. The summed E-state index contributed by atoms with van der Waals surface area (Å²) in [5.41, 5.74) is 0.0380. The van der Waals surface area contributed by atoms with Crippen molar-refractivity contribution in [2.75, 3.05) is 12.9 Å². The van der Waals surface area contributed by atoms with Gasteiger partial charge in [-0.3, -0.25) is 4.79 Å². The van der Waals surface area contributed by atoms with E-state index in [2.05, 4.69) is 39.2 Å². The minimum absolute atomic E-state index is 0.0103. The smallest absolute Gasteiger partial charge is 0.408 e. The van der Waals surface area contributed by atoms with Gasteiger partial charge in [-0.05, 0) is 44.8 Å². The fraction of sp³-hybridized carbons (Fsp3) is 0.792. The fourth-order valence-corrected chi connectivity index (χ4v) is 5.76. The number of amides is 1. The molecule has 0 heterocycles. The lowest BCUT2D eigenvalue weighted by molar-refractivity contribution is -0.142. The van der Waals surface area contributed by atoms with E-state index < -0.39 is 32.0 Å². The van der Waals surface area contributed by atoms with Crippen LogP contribution in [0, 0.1) is 5.92 Å². The Balaban J connectivity index is 3.09. The minimum atomic E-state index is -2.16. The molecule has 0 aromatic heterocycles. The normalized spacial score (nSPS) is 21.9.